The second-order valence-corrected chi connectivity index (χ2v) is 11.9. The van der Waals surface area contributed by atoms with Crippen LogP contribution in [0.2, 0.25) is 0 Å². The van der Waals surface area contributed by atoms with E-state index in [2.05, 4.69) is 5.32 Å². The highest BCUT2D eigenvalue weighted by Gasteiger charge is 2.43. The minimum absolute atomic E-state index is 0.0333. The van der Waals surface area contributed by atoms with Crippen LogP contribution in [0.4, 0.5) is 4.39 Å². The average molecular weight is 596 g/mol. The molecule has 3 aromatic carbocycles. The fraction of sp³-hybridized carbons (Fsp3) is 0.300. The van der Waals surface area contributed by atoms with Crippen molar-refractivity contribution in [2.75, 3.05) is 26.8 Å². The van der Waals surface area contributed by atoms with Gasteiger partial charge in [0.2, 0.25) is 11.8 Å². The van der Waals surface area contributed by atoms with Crippen molar-refractivity contribution in [2.24, 2.45) is 0 Å². The molecule has 0 aliphatic carbocycles. The first-order valence-electron chi connectivity index (χ1n) is 13.4. The van der Waals surface area contributed by atoms with Crippen LogP contribution in [0.1, 0.15) is 40.4 Å². The molecule has 12 heteroatoms. The number of ether oxygens (including phenoxy) is 2. The molecule has 1 saturated heterocycles. The Bertz CT molecular complexity index is 1590. The molecule has 2 heterocycles. The first-order valence-corrected chi connectivity index (χ1v) is 14.9. The van der Waals surface area contributed by atoms with E-state index in [-0.39, 0.29) is 29.7 Å². The van der Waals surface area contributed by atoms with Crippen molar-refractivity contribution >= 4 is 27.7 Å². The van der Waals surface area contributed by atoms with Crippen LogP contribution in [-0.4, -0.2) is 68.3 Å². The minimum atomic E-state index is -4.30. The van der Waals surface area contributed by atoms with E-state index in [1.54, 1.807) is 24.3 Å². The van der Waals surface area contributed by atoms with E-state index in [1.165, 1.54) is 60.5 Å². The van der Waals surface area contributed by atoms with Gasteiger partial charge in [0.1, 0.15) is 29.0 Å². The van der Waals surface area contributed by atoms with Crippen molar-refractivity contribution < 1.29 is 36.7 Å². The number of sulfonamides is 1. The Hall–Kier alpha value is -4.29. The Morgan fingerprint density at radius 1 is 1.12 bits per heavy atom. The Kier molecular flexibility index (Phi) is 8.55. The molecule has 2 atom stereocenters. The van der Waals surface area contributed by atoms with Gasteiger partial charge >= 0.3 is 0 Å². The number of fused-ring (bicyclic) bond motifs is 1. The van der Waals surface area contributed by atoms with Crippen LogP contribution in [0.5, 0.6) is 5.75 Å². The van der Waals surface area contributed by atoms with Gasteiger partial charge in [0.05, 0.1) is 18.8 Å². The van der Waals surface area contributed by atoms with E-state index >= 15 is 0 Å². The lowest BCUT2D eigenvalue weighted by atomic mass is 10.0. The molecule has 0 saturated carbocycles. The third-order valence-electron chi connectivity index (χ3n) is 7.27. The summed E-state index contributed by atoms with van der Waals surface area (Å²) < 4.78 is 51.7. The van der Waals surface area contributed by atoms with Gasteiger partial charge in [-0.1, -0.05) is 36.4 Å². The molecule has 2 aliphatic heterocycles. The first-order chi connectivity index (χ1) is 20.2. The molecule has 0 spiro atoms. The summed E-state index contributed by atoms with van der Waals surface area (Å²) >= 11 is 0. The molecular formula is C30H30FN3O7S. The van der Waals surface area contributed by atoms with Crippen LogP contribution >= 0.6 is 0 Å². The number of hydrogen-bond donors (Lipinski definition) is 1. The summed E-state index contributed by atoms with van der Waals surface area (Å²) in [6.07, 6.45) is 1.47. The molecule has 0 radical (unpaired) electrons. The number of benzene rings is 3. The average Bonchev–Trinajstić information content (AvgIpc) is 3.58. The van der Waals surface area contributed by atoms with Gasteiger partial charge in [-0.3, -0.25) is 14.4 Å². The number of methoxy groups -OCH3 is 1. The number of amides is 3. The lowest BCUT2D eigenvalue weighted by molar-refractivity contribution is -0.141. The fourth-order valence-electron chi connectivity index (χ4n) is 5.11. The van der Waals surface area contributed by atoms with Gasteiger partial charge in [-0.25, -0.2) is 17.1 Å². The zero-order valence-corrected chi connectivity index (χ0v) is 23.7. The van der Waals surface area contributed by atoms with Crippen LogP contribution < -0.4 is 10.1 Å². The van der Waals surface area contributed by atoms with Crippen molar-refractivity contribution in [3.8, 4) is 5.75 Å². The van der Waals surface area contributed by atoms with Gasteiger partial charge in [0, 0.05) is 19.7 Å². The Labute approximate surface area is 243 Å². The zero-order valence-electron chi connectivity index (χ0n) is 22.9. The number of halogens is 1. The summed E-state index contributed by atoms with van der Waals surface area (Å²) in [5, 5.41) is 2.87. The largest absolute Gasteiger partial charge is 0.497 e. The van der Waals surface area contributed by atoms with Crippen LogP contribution in [0, 0.1) is 5.82 Å². The summed E-state index contributed by atoms with van der Waals surface area (Å²) in [6.45, 7) is -0.207. The van der Waals surface area contributed by atoms with Crippen LogP contribution in [0.3, 0.4) is 0 Å². The Morgan fingerprint density at radius 3 is 2.57 bits per heavy atom. The summed E-state index contributed by atoms with van der Waals surface area (Å²) in [7, 11) is -2.83. The predicted octanol–water partition coefficient (Wildman–Crippen LogP) is 3.04. The van der Waals surface area contributed by atoms with Gasteiger partial charge < -0.3 is 19.7 Å². The lowest BCUT2D eigenvalue weighted by Crippen LogP contribution is -2.48. The van der Waals surface area contributed by atoms with Gasteiger partial charge in [-0.15, -0.1) is 0 Å². The predicted molar refractivity (Wildman–Crippen MR) is 149 cm³/mol. The summed E-state index contributed by atoms with van der Waals surface area (Å²) in [4.78, 5) is 42.0. The van der Waals surface area contributed by atoms with Crippen molar-refractivity contribution in [2.45, 2.75) is 36.4 Å². The number of nitrogens with zero attached hydrogens (tertiary/aromatic N) is 2. The second-order valence-electron chi connectivity index (χ2n) is 10.0. The van der Waals surface area contributed by atoms with Gasteiger partial charge in [0.15, 0.2) is 0 Å². The molecule has 3 aromatic rings. The highest BCUT2D eigenvalue weighted by molar-refractivity contribution is 7.90. The molecule has 0 aromatic heterocycles. The molecule has 2 aliphatic rings. The highest BCUT2D eigenvalue weighted by Crippen LogP contribution is 2.32. The minimum Gasteiger partial charge on any atom is -0.497 e. The molecule has 42 heavy (non-hydrogen) atoms. The van der Waals surface area contributed by atoms with E-state index in [0.717, 1.165) is 12.8 Å². The number of carbonyl (C=O) groups is 3. The standard InChI is InChI=1S/C30H30FN3O7S/c1-40-23-7-4-6-21(16-23)28(29(36)32-17-24-8-5-15-41-24)33(18-20-11-13-22(31)14-12-20)27(35)19-34-30(37)25-9-2-3-10-26(25)42(34,38)39/h2-4,6-7,9-14,16,24,28H,5,8,15,17-19H2,1H3,(H,32,36)/t24-,28-/m0/s1. The molecule has 3 amide bonds. The summed E-state index contributed by atoms with van der Waals surface area (Å²) in [6, 6.07) is 16.5. The van der Waals surface area contributed by atoms with Crippen molar-refractivity contribution in [3.05, 3.63) is 95.3 Å². The third kappa shape index (κ3) is 6.00. The monoisotopic (exact) mass is 595 g/mol. The van der Waals surface area contributed by atoms with Crippen molar-refractivity contribution in [1.82, 2.24) is 14.5 Å². The quantitative estimate of drug-likeness (QED) is 0.382. The lowest BCUT2D eigenvalue weighted by Gasteiger charge is -2.33. The fourth-order valence-corrected chi connectivity index (χ4v) is 6.63. The summed E-state index contributed by atoms with van der Waals surface area (Å²) in [5.74, 6) is -2.22. The molecule has 10 nitrogen and oxygen atoms in total. The molecule has 1 N–H and O–H groups in total. The van der Waals surface area contributed by atoms with Crippen molar-refractivity contribution in [3.63, 3.8) is 0 Å². The molecule has 0 bridgehead atoms. The smallest absolute Gasteiger partial charge is 0.269 e. The maximum Gasteiger partial charge on any atom is 0.269 e. The van der Waals surface area contributed by atoms with Gasteiger partial charge in [0.25, 0.3) is 15.9 Å². The zero-order chi connectivity index (χ0) is 29.9. The SMILES string of the molecule is COc1cccc([C@@H](C(=O)NC[C@@H]2CCCO2)N(Cc2ccc(F)cc2)C(=O)CN2C(=O)c3ccccc3S2(=O)=O)c1. The maximum atomic E-state index is 14.0. The maximum absolute atomic E-state index is 14.0. The summed E-state index contributed by atoms with van der Waals surface area (Å²) in [5.41, 5.74) is 0.853. The van der Waals surface area contributed by atoms with Crippen LogP contribution in [0.15, 0.2) is 77.7 Å². The molecule has 5 rings (SSSR count). The number of hydrogen-bond acceptors (Lipinski definition) is 7. The van der Waals surface area contributed by atoms with Crippen LogP contribution in [-0.2, 0) is 30.9 Å². The van der Waals surface area contributed by atoms with Crippen LogP contribution in [0.25, 0.3) is 0 Å². The van der Waals surface area contributed by atoms with E-state index in [9.17, 15) is 27.2 Å². The highest BCUT2D eigenvalue weighted by atomic mass is 32.2. The molecule has 0 unspecified atom stereocenters. The Morgan fingerprint density at radius 2 is 1.88 bits per heavy atom. The topological polar surface area (TPSA) is 122 Å². The van der Waals surface area contributed by atoms with E-state index in [4.69, 9.17) is 9.47 Å². The van der Waals surface area contributed by atoms with Crippen molar-refractivity contribution in [1.29, 1.82) is 0 Å². The first kappa shape index (κ1) is 29.2. The van der Waals surface area contributed by atoms with E-state index in [0.29, 0.717) is 27.8 Å². The molecule has 1 fully saturated rings. The number of rotatable bonds is 10. The van der Waals surface area contributed by atoms with E-state index < -0.39 is 46.1 Å². The van der Waals surface area contributed by atoms with Gasteiger partial charge in [-0.2, -0.15) is 0 Å². The molecular weight excluding hydrogens is 565 g/mol. The number of carbonyl (C=O) groups excluding carboxylic acids is 3. The number of nitrogens with one attached hydrogen (secondary N) is 1. The van der Waals surface area contributed by atoms with E-state index in [1.807, 2.05) is 0 Å². The molecule has 220 valence electrons. The normalized spacial score (nSPS) is 17.9. The Balaban J connectivity index is 1.52. The second kappa shape index (κ2) is 12.3. The van der Waals surface area contributed by atoms with Gasteiger partial charge in [-0.05, 0) is 60.4 Å². The third-order valence-corrected chi connectivity index (χ3v) is 9.06.